The van der Waals surface area contributed by atoms with E-state index in [1.165, 1.54) is 10.9 Å². The Morgan fingerprint density at radius 3 is 2.95 bits per heavy atom. The molecule has 1 aliphatic heterocycles. The Labute approximate surface area is 120 Å². The number of rotatable bonds is 3. The number of pyridine rings is 1. The Bertz CT molecular complexity index is 609. The van der Waals surface area contributed by atoms with Crippen LogP contribution in [0.25, 0.3) is 10.9 Å². The highest BCUT2D eigenvalue weighted by atomic mass is 16.3. The molecule has 1 aromatic heterocycles. The van der Waals surface area contributed by atoms with E-state index in [2.05, 4.69) is 41.1 Å². The van der Waals surface area contributed by atoms with Crippen molar-refractivity contribution < 1.29 is 5.11 Å². The normalized spacial score (nSPS) is 21.4. The summed E-state index contributed by atoms with van der Waals surface area (Å²) < 4.78 is 0. The molecule has 2 atom stereocenters. The van der Waals surface area contributed by atoms with E-state index in [0.29, 0.717) is 5.92 Å². The molecular weight excluding hydrogens is 248 g/mol. The van der Waals surface area contributed by atoms with Gasteiger partial charge in [-0.15, -0.1) is 0 Å². The molecule has 106 valence electrons. The van der Waals surface area contributed by atoms with Crippen LogP contribution in [0.15, 0.2) is 30.3 Å². The number of hydrogen-bond acceptors (Lipinski definition) is 3. The molecule has 1 fully saturated rings. The van der Waals surface area contributed by atoms with Crippen molar-refractivity contribution in [2.24, 2.45) is 5.92 Å². The molecular formula is C17H22N2O. The summed E-state index contributed by atoms with van der Waals surface area (Å²) in [6.07, 6.45) is 0.899. The van der Waals surface area contributed by atoms with Gasteiger partial charge < -0.3 is 5.11 Å². The largest absolute Gasteiger partial charge is 0.393 e. The van der Waals surface area contributed by atoms with Crippen LogP contribution < -0.4 is 0 Å². The highest BCUT2D eigenvalue weighted by molar-refractivity contribution is 5.82. The van der Waals surface area contributed by atoms with E-state index in [1.807, 2.05) is 13.0 Å². The zero-order valence-electron chi connectivity index (χ0n) is 12.2. The minimum Gasteiger partial charge on any atom is -0.393 e. The Hall–Kier alpha value is -1.45. The minimum absolute atomic E-state index is 0.198. The standard InChI is InChI=1S/C17H22N2O/c1-12-9-15(16-5-3-4-6-17(16)18-12)11-19-8-7-14(10-19)13(2)20/h3-6,9,13-14,20H,7-8,10-11H2,1-2H3. The molecule has 0 amide bonds. The number of hydrogen-bond donors (Lipinski definition) is 1. The molecule has 1 aliphatic rings. The molecule has 3 nitrogen and oxygen atoms in total. The van der Waals surface area contributed by atoms with Gasteiger partial charge in [-0.2, -0.15) is 0 Å². The molecule has 0 aliphatic carbocycles. The molecule has 1 aromatic carbocycles. The van der Waals surface area contributed by atoms with Crippen molar-refractivity contribution in [3.63, 3.8) is 0 Å². The van der Waals surface area contributed by atoms with E-state index >= 15 is 0 Å². The maximum Gasteiger partial charge on any atom is 0.0708 e. The fourth-order valence-corrected chi connectivity index (χ4v) is 3.17. The van der Waals surface area contributed by atoms with Crippen LogP contribution in [0.2, 0.25) is 0 Å². The summed E-state index contributed by atoms with van der Waals surface area (Å²) >= 11 is 0. The number of para-hydroxylation sites is 1. The monoisotopic (exact) mass is 270 g/mol. The molecule has 1 N–H and O–H groups in total. The maximum atomic E-state index is 9.72. The van der Waals surface area contributed by atoms with Crippen molar-refractivity contribution in [2.45, 2.75) is 32.9 Å². The SMILES string of the molecule is Cc1cc(CN2CCC(C(C)O)C2)c2ccccc2n1. The van der Waals surface area contributed by atoms with Crippen LogP contribution in [-0.2, 0) is 6.54 Å². The van der Waals surface area contributed by atoms with Gasteiger partial charge in [-0.25, -0.2) is 0 Å². The van der Waals surface area contributed by atoms with E-state index in [4.69, 9.17) is 0 Å². The van der Waals surface area contributed by atoms with Gasteiger partial charge in [0.1, 0.15) is 0 Å². The van der Waals surface area contributed by atoms with Crippen LogP contribution in [0.4, 0.5) is 0 Å². The van der Waals surface area contributed by atoms with Crippen LogP contribution in [0.1, 0.15) is 24.6 Å². The Morgan fingerprint density at radius 2 is 2.20 bits per heavy atom. The van der Waals surface area contributed by atoms with Gasteiger partial charge in [-0.05, 0) is 50.4 Å². The summed E-state index contributed by atoms with van der Waals surface area (Å²) in [5.41, 5.74) is 3.50. The van der Waals surface area contributed by atoms with Crippen molar-refractivity contribution >= 4 is 10.9 Å². The Morgan fingerprint density at radius 1 is 1.40 bits per heavy atom. The molecule has 2 aromatic rings. The predicted molar refractivity (Wildman–Crippen MR) is 81.5 cm³/mol. The first-order valence-corrected chi connectivity index (χ1v) is 7.39. The number of aryl methyl sites for hydroxylation is 1. The summed E-state index contributed by atoms with van der Waals surface area (Å²) in [6, 6.07) is 10.5. The van der Waals surface area contributed by atoms with Gasteiger partial charge in [-0.3, -0.25) is 9.88 Å². The zero-order valence-corrected chi connectivity index (χ0v) is 12.2. The van der Waals surface area contributed by atoms with Crippen LogP contribution in [0, 0.1) is 12.8 Å². The smallest absolute Gasteiger partial charge is 0.0708 e. The molecule has 0 radical (unpaired) electrons. The van der Waals surface area contributed by atoms with Gasteiger partial charge in [0.05, 0.1) is 11.6 Å². The van der Waals surface area contributed by atoms with E-state index in [1.54, 1.807) is 0 Å². The lowest BCUT2D eigenvalue weighted by Gasteiger charge is -2.18. The lowest BCUT2D eigenvalue weighted by Crippen LogP contribution is -2.24. The van der Waals surface area contributed by atoms with Crippen molar-refractivity contribution in [1.82, 2.24) is 9.88 Å². The molecule has 2 heterocycles. The summed E-state index contributed by atoms with van der Waals surface area (Å²) in [7, 11) is 0. The summed E-state index contributed by atoms with van der Waals surface area (Å²) in [5, 5.41) is 11.0. The fraction of sp³-hybridized carbons (Fsp3) is 0.471. The number of fused-ring (bicyclic) bond motifs is 1. The van der Waals surface area contributed by atoms with Crippen molar-refractivity contribution in [2.75, 3.05) is 13.1 Å². The van der Waals surface area contributed by atoms with Crippen LogP contribution in [0.5, 0.6) is 0 Å². The molecule has 0 spiro atoms. The van der Waals surface area contributed by atoms with Crippen molar-refractivity contribution in [3.8, 4) is 0 Å². The number of nitrogens with zero attached hydrogens (tertiary/aromatic N) is 2. The number of likely N-dealkylation sites (tertiary alicyclic amines) is 1. The number of benzene rings is 1. The second kappa shape index (κ2) is 5.51. The number of aromatic nitrogens is 1. The van der Waals surface area contributed by atoms with Gasteiger partial charge in [-0.1, -0.05) is 18.2 Å². The van der Waals surface area contributed by atoms with Gasteiger partial charge >= 0.3 is 0 Å². The van der Waals surface area contributed by atoms with E-state index in [0.717, 1.165) is 37.3 Å². The second-order valence-electron chi connectivity index (χ2n) is 5.96. The lowest BCUT2D eigenvalue weighted by molar-refractivity contribution is 0.127. The molecule has 0 saturated carbocycles. The van der Waals surface area contributed by atoms with E-state index in [-0.39, 0.29) is 6.10 Å². The van der Waals surface area contributed by atoms with Crippen LogP contribution in [-0.4, -0.2) is 34.2 Å². The third kappa shape index (κ3) is 2.69. The molecule has 2 unspecified atom stereocenters. The minimum atomic E-state index is -0.198. The molecule has 3 rings (SSSR count). The topological polar surface area (TPSA) is 36.4 Å². The van der Waals surface area contributed by atoms with Crippen molar-refractivity contribution in [1.29, 1.82) is 0 Å². The number of aliphatic hydroxyl groups is 1. The first-order valence-electron chi connectivity index (χ1n) is 7.39. The van der Waals surface area contributed by atoms with Crippen LogP contribution >= 0.6 is 0 Å². The van der Waals surface area contributed by atoms with Gasteiger partial charge in [0.2, 0.25) is 0 Å². The molecule has 20 heavy (non-hydrogen) atoms. The summed E-state index contributed by atoms with van der Waals surface area (Å²) in [6.45, 7) is 6.98. The van der Waals surface area contributed by atoms with E-state index < -0.39 is 0 Å². The third-order valence-electron chi connectivity index (χ3n) is 4.31. The van der Waals surface area contributed by atoms with E-state index in [9.17, 15) is 5.11 Å². The highest BCUT2D eigenvalue weighted by Crippen LogP contribution is 2.24. The zero-order chi connectivity index (χ0) is 14.1. The summed E-state index contributed by atoms with van der Waals surface area (Å²) in [5.74, 6) is 0.421. The average molecular weight is 270 g/mol. The second-order valence-corrected chi connectivity index (χ2v) is 5.96. The molecule has 0 bridgehead atoms. The number of aliphatic hydroxyl groups excluding tert-OH is 1. The third-order valence-corrected chi connectivity index (χ3v) is 4.31. The predicted octanol–water partition coefficient (Wildman–Crippen LogP) is 2.75. The molecule has 3 heteroatoms. The lowest BCUT2D eigenvalue weighted by atomic mass is 10.0. The van der Waals surface area contributed by atoms with Crippen molar-refractivity contribution in [3.05, 3.63) is 41.6 Å². The molecule has 1 saturated heterocycles. The van der Waals surface area contributed by atoms with Gasteiger partial charge in [0.15, 0.2) is 0 Å². The quantitative estimate of drug-likeness (QED) is 0.931. The maximum absolute atomic E-state index is 9.72. The first-order chi connectivity index (χ1) is 9.63. The van der Waals surface area contributed by atoms with Crippen LogP contribution in [0.3, 0.4) is 0 Å². The Balaban J connectivity index is 1.84. The fourth-order valence-electron chi connectivity index (χ4n) is 3.17. The first kappa shape index (κ1) is 13.5. The highest BCUT2D eigenvalue weighted by Gasteiger charge is 2.26. The van der Waals surface area contributed by atoms with Gasteiger partial charge in [0, 0.05) is 24.2 Å². The summed E-state index contributed by atoms with van der Waals surface area (Å²) in [4.78, 5) is 7.04. The average Bonchev–Trinajstić information content (AvgIpc) is 2.87. The Kier molecular flexibility index (Phi) is 3.72. The van der Waals surface area contributed by atoms with Gasteiger partial charge in [0.25, 0.3) is 0 Å².